The molecule has 1 aromatic rings. The van der Waals surface area contributed by atoms with Crippen molar-refractivity contribution < 1.29 is 0 Å². The fourth-order valence-electron chi connectivity index (χ4n) is 2.00. The van der Waals surface area contributed by atoms with Crippen LogP contribution < -0.4 is 5.73 Å². The van der Waals surface area contributed by atoms with Crippen molar-refractivity contribution in [1.82, 2.24) is 4.98 Å². The molecule has 1 heterocycles. The molecular formula is C11H16N2. The highest BCUT2D eigenvalue weighted by Crippen LogP contribution is 2.19. The Balaban J connectivity index is 2.35. The summed E-state index contributed by atoms with van der Waals surface area (Å²) in [6.45, 7) is 2.04. The molecule has 70 valence electrons. The quantitative estimate of drug-likeness (QED) is 0.610. The van der Waals surface area contributed by atoms with Crippen molar-refractivity contribution in [3.05, 3.63) is 29.1 Å². The zero-order chi connectivity index (χ0) is 9.26. The Bertz CT molecular complexity index is 307. The van der Waals surface area contributed by atoms with E-state index in [2.05, 4.69) is 11.1 Å². The molecule has 0 saturated carbocycles. The number of hydrogen-bond acceptors (Lipinski definition) is 2. The summed E-state index contributed by atoms with van der Waals surface area (Å²) in [7, 11) is 0. The zero-order valence-electron chi connectivity index (χ0n) is 8.09. The van der Waals surface area contributed by atoms with Crippen LogP contribution >= 0.6 is 0 Å². The summed E-state index contributed by atoms with van der Waals surface area (Å²) in [4.78, 5) is 4.32. The van der Waals surface area contributed by atoms with Crippen molar-refractivity contribution in [3.8, 4) is 0 Å². The predicted octanol–water partition coefficient (Wildman–Crippen LogP) is 1.60. The Kier molecular flexibility index (Phi) is 2.32. The van der Waals surface area contributed by atoms with Crippen molar-refractivity contribution in [2.45, 2.75) is 38.6 Å². The van der Waals surface area contributed by atoms with E-state index in [4.69, 9.17) is 5.73 Å². The van der Waals surface area contributed by atoms with E-state index in [1.165, 1.54) is 17.5 Å². The van der Waals surface area contributed by atoms with Gasteiger partial charge >= 0.3 is 0 Å². The van der Waals surface area contributed by atoms with Crippen LogP contribution in [0.15, 0.2) is 12.3 Å². The minimum absolute atomic E-state index is 0.350. The molecule has 0 bridgehead atoms. The lowest BCUT2D eigenvalue weighted by atomic mass is 10.0. The molecule has 0 aromatic carbocycles. The van der Waals surface area contributed by atoms with Crippen LogP contribution in [-0.2, 0) is 12.8 Å². The van der Waals surface area contributed by atoms with E-state index in [1.807, 2.05) is 13.1 Å². The molecule has 1 aliphatic rings. The number of hydrogen-bond donors (Lipinski definition) is 1. The number of rotatable bonds is 0. The van der Waals surface area contributed by atoms with Crippen LogP contribution in [0.5, 0.6) is 0 Å². The second kappa shape index (κ2) is 3.46. The summed E-state index contributed by atoms with van der Waals surface area (Å²) in [5.41, 5.74) is 9.90. The monoisotopic (exact) mass is 176 g/mol. The third-order valence-corrected chi connectivity index (χ3v) is 2.72. The van der Waals surface area contributed by atoms with E-state index in [9.17, 15) is 0 Å². The smallest absolute Gasteiger partial charge is 0.0375 e. The number of nitrogens with zero attached hydrogens (tertiary/aromatic N) is 1. The average Bonchev–Trinajstić information content (AvgIpc) is 2.25. The van der Waals surface area contributed by atoms with Crippen molar-refractivity contribution in [3.63, 3.8) is 0 Å². The van der Waals surface area contributed by atoms with Gasteiger partial charge in [-0.25, -0.2) is 0 Å². The largest absolute Gasteiger partial charge is 0.327 e. The molecule has 0 aliphatic heterocycles. The van der Waals surface area contributed by atoms with Gasteiger partial charge in [-0.1, -0.05) is 0 Å². The van der Waals surface area contributed by atoms with Gasteiger partial charge in [0.05, 0.1) is 0 Å². The summed E-state index contributed by atoms with van der Waals surface area (Å²) in [6.07, 6.45) is 6.55. The minimum atomic E-state index is 0.350. The number of aromatic nitrogens is 1. The Hall–Kier alpha value is -0.890. The molecule has 1 aromatic heterocycles. The zero-order valence-corrected chi connectivity index (χ0v) is 8.09. The predicted molar refractivity (Wildman–Crippen MR) is 53.6 cm³/mol. The van der Waals surface area contributed by atoms with Gasteiger partial charge in [-0.3, -0.25) is 4.98 Å². The van der Waals surface area contributed by atoms with E-state index < -0.39 is 0 Å². The van der Waals surface area contributed by atoms with Crippen LogP contribution in [-0.4, -0.2) is 11.0 Å². The first kappa shape index (κ1) is 8.70. The molecule has 1 atom stereocenters. The standard InChI is InChI=1S/C11H16N2/c1-8-5-10-6-11(12)4-2-3-9(10)7-13-8/h5,7,11H,2-4,6,12H2,1H3. The highest BCUT2D eigenvalue weighted by atomic mass is 14.7. The molecule has 1 aliphatic carbocycles. The first-order valence-corrected chi connectivity index (χ1v) is 4.95. The first-order valence-electron chi connectivity index (χ1n) is 4.95. The molecule has 2 nitrogen and oxygen atoms in total. The minimum Gasteiger partial charge on any atom is -0.327 e. The van der Waals surface area contributed by atoms with Crippen molar-refractivity contribution >= 4 is 0 Å². The van der Waals surface area contributed by atoms with E-state index in [0.29, 0.717) is 6.04 Å². The first-order chi connectivity index (χ1) is 6.25. The molecular weight excluding hydrogens is 160 g/mol. The lowest BCUT2D eigenvalue weighted by Crippen LogP contribution is -2.21. The van der Waals surface area contributed by atoms with E-state index in [0.717, 1.165) is 25.0 Å². The van der Waals surface area contributed by atoms with Crippen molar-refractivity contribution in [2.24, 2.45) is 5.73 Å². The van der Waals surface area contributed by atoms with Crippen LogP contribution in [0.25, 0.3) is 0 Å². The summed E-state index contributed by atoms with van der Waals surface area (Å²) >= 11 is 0. The van der Waals surface area contributed by atoms with Gasteiger partial charge in [-0.05, 0) is 49.8 Å². The normalized spacial score (nSPS) is 22.2. The highest BCUT2D eigenvalue weighted by Gasteiger charge is 2.13. The Morgan fingerprint density at radius 3 is 3.15 bits per heavy atom. The number of pyridine rings is 1. The van der Waals surface area contributed by atoms with Gasteiger partial charge < -0.3 is 5.73 Å². The highest BCUT2D eigenvalue weighted by molar-refractivity contribution is 5.28. The summed E-state index contributed by atoms with van der Waals surface area (Å²) in [6, 6.07) is 2.53. The molecule has 0 fully saturated rings. The van der Waals surface area contributed by atoms with Crippen molar-refractivity contribution in [1.29, 1.82) is 0 Å². The fourth-order valence-corrected chi connectivity index (χ4v) is 2.00. The SMILES string of the molecule is Cc1cc2c(cn1)CCCC(N)C2. The van der Waals surface area contributed by atoms with Gasteiger partial charge in [-0.2, -0.15) is 0 Å². The van der Waals surface area contributed by atoms with Crippen LogP contribution in [0.3, 0.4) is 0 Å². The lowest BCUT2D eigenvalue weighted by Gasteiger charge is -2.08. The third kappa shape index (κ3) is 1.89. The molecule has 2 N–H and O–H groups in total. The summed E-state index contributed by atoms with van der Waals surface area (Å²) in [5, 5.41) is 0. The number of nitrogens with two attached hydrogens (primary N) is 1. The number of fused-ring (bicyclic) bond motifs is 1. The van der Waals surface area contributed by atoms with E-state index in [-0.39, 0.29) is 0 Å². The second-order valence-electron chi connectivity index (χ2n) is 3.95. The molecule has 0 radical (unpaired) electrons. The lowest BCUT2D eigenvalue weighted by molar-refractivity contribution is 0.603. The van der Waals surface area contributed by atoms with E-state index >= 15 is 0 Å². The molecule has 1 unspecified atom stereocenters. The Morgan fingerprint density at radius 2 is 2.31 bits per heavy atom. The topological polar surface area (TPSA) is 38.9 Å². The van der Waals surface area contributed by atoms with Gasteiger partial charge in [0.1, 0.15) is 0 Å². The summed E-state index contributed by atoms with van der Waals surface area (Å²) < 4.78 is 0. The molecule has 13 heavy (non-hydrogen) atoms. The Labute approximate surface area is 79.2 Å². The van der Waals surface area contributed by atoms with E-state index in [1.54, 1.807) is 0 Å². The van der Waals surface area contributed by atoms with Gasteiger partial charge in [0.25, 0.3) is 0 Å². The van der Waals surface area contributed by atoms with Gasteiger partial charge in [0.15, 0.2) is 0 Å². The Morgan fingerprint density at radius 1 is 1.46 bits per heavy atom. The van der Waals surface area contributed by atoms with Gasteiger partial charge in [0, 0.05) is 17.9 Å². The maximum absolute atomic E-state index is 5.98. The van der Waals surface area contributed by atoms with Crippen molar-refractivity contribution in [2.75, 3.05) is 0 Å². The van der Waals surface area contributed by atoms with Crippen LogP contribution in [0, 0.1) is 6.92 Å². The molecule has 0 spiro atoms. The molecule has 0 saturated heterocycles. The molecule has 0 amide bonds. The van der Waals surface area contributed by atoms with Crippen LogP contribution in [0.1, 0.15) is 29.7 Å². The second-order valence-corrected chi connectivity index (χ2v) is 3.95. The summed E-state index contributed by atoms with van der Waals surface area (Å²) in [5.74, 6) is 0. The van der Waals surface area contributed by atoms with Crippen LogP contribution in [0.2, 0.25) is 0 Å². The average molecular weight is 176 g/mol. The van der Waals surface area contributed by atoms with Gasteiger partial charge in [-0.15, -0.1) is 0 Å². The van der Waals surface area contributed by atoms with Gasteiger partial charge in [0.2, 0.25) is 0 Å². The molecule has 2 rings (SSSR count). The van der Waals surface area contributed by atoms with Crippen LogP contribution in [0.4, 0.5) is 0 Å². The number of aryl methyl sites for hydroxylation is 2. The third-order valence-electron chi connectivity index (χ3n) is 2.72. The molecule has 2 heteroatoms. The maximum Gasteiger partial charge on any atom is 0.0375 e. The maximum atomic E-state index is 5.98. The fraction of sp³-hybridized carbons (Fsp3) is 0.545.